The third-order valence-corrected chi connectivity index (χ3v) is 4.32. The summed E-state index contributed by atoms with van der Waals surface area (Å²) in [6, 6.07) is 3.64. The van der Waals surface area contributed by atoms with Gasteiger partial charge in [-0.2, -0.15) is 0 Å². The normalized spacial score (nSPS) is 20.0. The monoisotopic (exact) mass is 292 g/mol. The number of ether oxygens (including phenoxy) is 3. The molecule has 1 amide bonds. The van der Waals surface area contributed by atoms with E-state index in [-0.39, 0.29) is 5.91 Å². The van der Waals surface area contributed by atoms with Gasteiger partial charge in [0.1, 0.15) is 0 Å². The van der Waals surface area contributed by atoms with Crippen molar-refractivity contribution in [3.05, 3.63) is 12.1 Å². The fraction of sp³-hybridized carbons (Fsp3) is 0.533. The lowest BCUT2D eigenvalue weighted by atomic mass is 9.79. The zero-order valence-electron chi connectivity index (χ0n) is 12.3. The minimum absolute atomic E-state index is 0.0456. The minimum Gasteiger partial charge on any atom is -0.493 e. The van der Waals surface area contributed by atoms with E-state index in [1.54, 1.807) is 20.3 Å². The second-order valence-electron chi connectivity index (χ2n) is 5.45. The highest BCUT2D eigenvalue weighted by molar-refractivity contribution is 6.00. The molecule has 0 unspecified atom stereocenters. The number of hydrogen-bond acceptors (Lipinski definition) is 5. The largest absolute Gasteiger partial charge is 0.493 e. The molecule has 21 heavy (non-hydrogen) atoms. The second-order valence-corrected chi connectivity index (χ2v) is 5.45. The summed E-state index contributed by atoms with van der Waals surface area (Å²) in [7, 11) is 3.18. The first-order chi connectivity index (χ1) is 10.2. The molecule has 2 aliphatic heterocycles. The fourth-order valence-corrected chi connectivity index (χ4v) is 2.89. The Kier molecular flexibility index (Phi) is 3.63. The average molecular weight is 292 g/mol. The van der Waals surface area contributed by atoms with Gasteiger partial charge >= 0.3 is 0 Å². The highest BCUT2D eigenvalue weighted by Gasteiger charge is 2.41. The lowest BCUT2D eigenvalue weighted by Crippen LogP contribution is -2.44. The van der Waals surface area contributed by atoms with Crippen LogP contribution in [0, 0.1) is 5.41 Å². The summed E-state index contributed by atoms with van der Waals surface area (Å²) in [6.45, 7) is 1.85. The molecule has 1 aromatic rings. The number of hydrogen-bond donors (Lipinski definition) is 2. The van der Waals surface area contributed by atoms with Crippen LogP contribution in [0.5, 0.6) is 11.5 Å². The van der Waals surface area contributed by atoms with Crippen molar-refractivity contribution in [1.29, 1.82) is 0 Å². The first-order valence-electron chi connectivity index (χ1n) is 7.08. The first-order valence-corrected chi connectivity index (χ1v) is 7.08. The van der Waals surface area contributed by atoms with Gasteiger partial charge in [0.2, 0.25) is 5.91 Å². The molecule has 1 saturated heterocycles. The number of benzene rings is 1. The molecule has 6 nitrogen and oxygen atoms in total. The van der Waals surface area contributed by atoms with E-state index >= 15 is 0 Å². The zero-order valence-corrected chi connectivity index (χ0v) is 12.3. The molecule has 0 bridgehead atoms. The standard InChI is InChI=1S/C15H20N2O4/c1-19-12-7-10-11(8-13(12)20-2)17-14(18)15(9-16-10)3-5-21-6-4-15/h7-8,16H,3-6,9H2,1-2H3,(H,17,18). The fourth-order valence-electron chi connectivity index (χ4n) is 2.89. The number of amides is 1. The number of rotatable bonds is 2. The van der Waals surface area contributed by atoms with E-state index in [9.17, 15) is 4.79 Å². The van der Waals surface area contributed by atoms with Crippen LogP contribution in [0.1, 0.15) is 12.8 Å². The Morgan fingerprint density at radius 2 is 1.71 bits per heavy atom. The lowest BCUT2D eigenvalue weighted by molar-refractivity contribution is -0.129. The van der Waals surface area contributed by atoms with Gasteiger partial charge in [0.15, 0.2) is 11.5 Å². The second kappa shape index (κ2) is 5.44. The van der Waals surface area contributed by atoms with Gasteiger partial charge in [-0.3, -0.25) is 4.79 Å². The Labute approximate surface area is 123 Å². The maximum absolute atomic E-state index is 12.6. The number of carbonyl (C=O) groups excluding carboxylic acids is 1. The summed E-state index contributed by atoms with van der Waals surface area (Å²) in [5.74, 6) is 1.28. The Morgan fingerprint density at radius 3 is 2.33 bits per heavy atom. The predicted molar refractivity (Wildman–Crippen MR) is 79.2 cm³/mol. The molecule has 0 aliphatic carbocycles. The van der Waals surface area contributed by atoms with E-state index in [2.05, 4.69) is 10.6 Å². The number of methoxy groups -OCH3 is 2. The lowest BCUT2D eigenvalue weighted by Gasteiger charge is -2.34. The van der Waals surface area contributed by atoms with Crippen molar-refractivity contribution in [2.75, 3.05) is 44.6 Å². The van der Waals surface area contributed by atoms with Crippen LogP contribution in [0.3, 0.4) is 0 Å². The molecule has 2 N–H and O–H groups in total. The highest BCUT2D eigenvalue weighted by Crippen LogP contribution is 2.41. The van der Waals surface area contributed by atoms with Gasteiger partial charge in [-0.25, -0.2) is 0 Å². The predicted octanol–water partition coefficient (Wildman–Crippen LogP) is 1.86. The van der Waals surface area contributed by atoms with Crippen molar-refractivity contribution in [2.45, 2.75) is 12.8 Å². The summed E-state index contributed by atoms with van der Waals surface area (Å²) in [4.78, 5) is 12.6. The Balaban J connectivity index is 1.94. The topological polar surface area (TPSA) is 68.8 Å². The first kappa shape index (κ1) is 14.0. The van der Waals surface area contributed by atoms with Gasteiger partial charge in [0, 0.05) is 31.9 Å². The smallest absolute Gasteiger partial charge is 0.232 e. The van der Waals surface area contributed by atoms with E-state index in [0.717, 1.165) is 24.2 Å². The summed E-state index contributed by atoms with van der Waals surface area (Å²) in [5, 5.41) is 6.38. The van der Waals surface area contributed by atoms with Crippen LogP contribution in [0.2, 0.25) is 0 Å². The molecular weight excluding hydrogens is 272 g/mol. The molecule has 0 saturated carbocycles. The van der Waals surface area contributed by atoms with Gasteiger partial charge < -0.3 is 24.8 Å². The molecule has 1 fully saturated rings. The Hall–Kier alpha value is -1.95. The molecule has 1 spiro atoms. The van der Waals surface area contributed by atoms with Crippen molar-refractivity contribution in [2.24, 2.45) is 5.41 Å². The van der Waals surface area contributed by atoms with Crippen LogP contribution in [-0.2, 0) is 9.53 Å². The molecule has 114 valence electrons. The van der Waals surface area contributed by atoms with Crippen molar-refractivity contribution in [3.63, 3.8) is 0 Å². The SMILES string of the molecule is COc1cc2c(cc1OC)NC(=O)C1(CCOCC1)CN2. The summed E-state index contributed by atoms with van der Waals surface area (Å²) in [5.41, 5.74) is 1.17. The van der Waals surface area contributed by atoms with Crippen molar-refractivity contribution in [1.82, 2.24) is 0 Å². The molecule has 0 atom stereocenters. The van der Waals surface area contributed by atoms with E-state index in [4.69, 9.17) is 14.2 Å². The molecule has 1 aromatic carbocycles. The number of carbonyl (C=O) groups is 1. The Bertz CT molecular complexity index is 553. The van der Waals surface area contributed by atoms with E-state index in [1.807, 2.05) is 6.07 Å². The van der Waals surface area contributed by atoms with Gasteiger partial charge in [0.05, 0.1) is 31.0 Å². The highest BCUT2D eigenvalue weighted by atomic mass is 16.5. The molecule has 0 radical (unpaired) electrons. The van der Waals surface area contributed by atoms with E-state index in [0.29, 0.717) is 31.3 Å². The molecular formula is C15H20N2O4. The van der Waals surface area contributed by atoms with Crippen molar-refractivity contribution < 1.29 is 19.0 Å². The molecule has 3 rings (SSSR count). The Morgan fingerprint density at radius 1 is 1.10 bits per heavy atom. The van der Waals surface area contributed by atoms with Crippen LogP contribution in [-0.4, -0.2) is 39.9 Å². The molecule has 2 heterocycles. The molecule has 0 aromatic heterocycles. The van der Waals surface area contributed by atoms with E-state index < -0.39 is 5.41 Å². The quantitative estimate of drug-likeness (QED) is 0.871. The van der Waals surface area contributed by atoms with Crippen LogP contribution in [0.4, 0.5) is 11.4 Å². The maximum atomic E-state index is 12.6. The van der Waals surface area contributed by atoms with Crippen molar-refractivity contribution >= 4 is 17.3 Å². The van der Waals surface area contributed by atoms with Gasteiger partial charge in [-0.05, 0) is 12.8 Å². The van der Waals surface area contributed by atoms with Gasteiger partial charge in [-0.1, -0.05) is 0 Å². The summed E-state index contributed by atoms with van der Waals surface area (Å²) >= 11 is 0. The summed E-state index contributed by atoms with van der Waals surface area (Å²) < 4.78 is 16.0. The zero-order chi connectivity index (χ0) is 14.9. The van der Waals surface area contributed by atoms with Crippen LogP contribution < -0.4 is 20.1 Å². The van der Waals surface area contributed by atoms with Crippen LogP contribution in [0.15, 0.2) is 12.1 Å². The molecule has 2 aliphatic rings. The number of nitrogens with one attached hydrogen (secondary N) is 2. The van der Waals surface area contributed by atoms with Crippen LogP contribution in [0.25, 0.3) is 0 Å². The molecule has 6 heteroatoms. The van der Waals surface area contributed by atoms with Gasteiger partial charge in [-0.15, -0.1) is 0 Å². The summed E-state index contributed by atoms with van der Waals surface area (Å²) in [6.07, 6.45) is 1.46. The third-order valence-electron chi connectivity index (χ3n) is 4.32. The van der Waals surface area contributed by atoms with Gasteiger partial charge in [0.25, 0.3) is 0 Å². The van der Waals surface area contributed by atoms with E-state index in [1.165, 1.54) is 0 Å². The maximum Gasteiger partial charge on any atom is 0.232 e. The average Bonchev–Trinajstić information content (AvgIpc) is 2.65. The number of anilines is 2. The third kappa shape index (κ3) is 2.40. The van der Waals surface area contributed by atoms with Crippen molar-refractivity contribution in [3.8, 4) is 11.5 Å². The minimum atomic E-state index is -0.405. The van der Waals surface area contributed by atoms with Crippen LogP contribution >= 0.6 is 0 Å². The number of fused-ring (bicyclic) bond motifs is 1.